The van der Waals surface area contributed by atoms with E-state index >= 15 is 0 Å². The number of Topliss-reactive ketones (excluding diaryl/α,β-unsaturated/α-hetero) is 1. The molecule has 3 aromatic heterocycles. The van der Waals surface area contributed by atoms with E-state index in [1.165, 1.54) is 5.56 Å². The van der Waals surface area contributed by atoms with E-state index in [4.69, 9.17) is 19.9 Å². The maximum Gasteiger partial charge on any atom is 2.00 e. The molecular weight excluding hydrogens is 674 g/mol. The molecule has 8 heteroatoms. The van der Waals surface area contributed by atoms with E-state index in [0.717, 1.165) is 67.5 Å². The van der Waals surface area contributed by atoms with Gasteiger partial charge in [-0.15, -0.1) is 22.1 Å². The Morgan fingerprint density at radius 3 is 1.86 bits per heavy atom. The first kappa shape index (κ1) is 34.6. The SMILES string of the molecule is Cc1ccc(-c2c3nc(c(-c4ccc(C(=O)CC[Si](C)(C)C)cc4)c4ccc(cc5nc(cc6ccc2[n-]6)C(C)(C)C5O)[n-]4)C=C3)cc1.[Zn+2]. The molecular formula is C41H40N4O2SiZn. The van der Waals surface area contributed by atoms with E-state index in [0.29, 0.717) is 17.6 Å². The molecule has 5 heterocycles. The second-order valence-electron chi connectivity index (χ2n) is 14.7. The minimum absolute atomic E-state index is 0. The molecule has 242 valence electrons. The molecule has 8 bridgehead atoms. The van der Waals surface area contributed by atoms with Crippen molar-refractivity contribution >= 4 is 48.1 Å². The average Bonchev–Trinajstić information content (AvgIpc) is 3.85. The van der Waals surface area contributed by atoms with Gasteiger partial charge in [-0.25, -0.2) is 4.98 Å². The van der Waals surface area contributed by atoms with Crippen LogP contribution in [0.5, 0.6) is 0 Å². The molecule has 7 rings (SSSR count). The van der Waals surface area contributed by atoms with Gasteiger partial charge in [-0.1, -0.05) is 130 Å². The Hall–Kier alpha value is -4.23. The minimum atomic E-state index is -1.33. The van der Waals surface area contributed by atoms with E-state index in [1.54, 1.807) is 0 Å². The van der Waals surface area contributed by atoms with Crippen LogP contribution in [0.1, 0.15) is 65.1 Å². The summed E-state index contributed by atoms with van der Waals surface area (Å²) >= 11 is 0. The number of rotatable bonds is 6. The predicted octanol–water partition coefficient (Wildman–Crippen LogP) is 9.31. The second-order valence-corrected chi connectivity index (χ2v) is 20.4. The molecule has 6 nitrogen and oxygen atoms in total. The molecule has 1 N–H and O–H groups in total. The first-order valence-corrected chi connectivity index (χ1v) is 20.3. The van der Waals surface area contributed by atoms with Crippen molar-refractivity contribution in [3.8, 4) is 22.3 Å². The molecule has 0 saturated heterocycles. The summed E-state index contributed by atoms with van der Waals surface area (Å²) in [7, 11) is -1.33. The first-order chi connectivity index (χ1) is 22.9. The van der Waals surface area contributed by atoms with Gasteiger partial charge in [0.2, 0.25) is 0 Å². The summed E-state index contributed by atoms with van der Waals surface area (Å²) in [6.07, 6.45) is 3.86. The minimum Gasteiger partial charge on any atom is -0.657 e. The molecule has 0 amide bonds. The molecule has 0 spiro atoms. The molecule has 0 fully saturated rings. The number of hydrogen-bond acceptors (Lipinski definition) is 4. The van der Waals surface area contributed by atoms with Crippen LogP contribution in [0.25, 0.3) is 56.5 Å². The van der Waals surface area contributed by atoms with Crippen LogP contribution in [0.2, 0.25) is 25.7 Å². The van der Waals surface area contributed by atoms with Crippen molar-refractivity contribution in [1.29, 1.82) is 0 Å². The largest absolute Gasteiger partial charge is 2.00 e. The fraction of sp³-hybridized carbons (Fsp3) is 0.244. The van der Waals surface area contributed by atoms with Gasteiger partial charge in [0.1, 0.15) is 6.10 Å². The Balaban J connectivity index is 0.00000417. The van der Waals surface area contributed by atoms with Crippen LogP contribution in [0.15, 0.2) is 84.9 Å². The topological polar surface area (TPSA) is 91.3 Å². The summed E-state index contributed by atoms with van der Waals surface area (Å²) in [5.41, 5.74) is 11.0. The van der Waals surface area contributed by atoms with Crippen molar-refractivity contribution in [1.82, 2.24) is 19.9 Å². The fourth-order valence-electron chi connectivity index (χ4n) is 6.34. The van der Waals surface area contributed by atoms with Crippen LogP contribution in [0, 0.1) is 6.92 Å². The summed E-state index contributed by atoms with van der Waals surface area (Å²) in [6, 6.07) is 29.0. The molecule has 5 aromatic rings. The predicted molar refractivity (Wildman–Crippen MR) is 199 cm³/mol. The quantitative estimate of drug-likeness (QED) is 0.137. The van der Waals surface area contributed by atoms with E-state index < -0.39 is 19.6 Å². The summed E-state index contributed by atoms with van der Waals surface area (Å²) < 4.78 is 0. The maximum atomic E-state index is 13.1. The van der Waals surface area contributed by atoms with E-state index in [2.05, 4.69) is 50.8 Å². The van der Waals surface area contributed by atoms with Crippen molar-refractivity contribution in [2.24, 2.45) is 0 Å². The number of benzene rings is 2. The number of carbonyl (C=O) groups excluding carboxylic acids is 1. The molecule has 2 aliphatic rings. The van der Waals surface area contributed by atoms with Crippen molar-refractivity contribution in [3.63, 3.8) is 0 Å². The van der Waals surface area contributed by atoms with Crippen LogP contribution in [0.3, 0.4) is 0 Å². The standard InChI is InChI=1S/C41H41N4O2Si.Zn/c1-25-7-9-27(10-8-25)38-32-18-16-30(43-32)24-37-41(2,3)40(47)35(45-37)23-29-15-17-31(42-29)39(34-20-19-33(38)44-34)28-13-11-26(12-14-28)36(46)21-22-48(4,5)6;/h7-20,23-24,40,47H,21-22H2,1-6H3,(H-,42,43,44,45,46);/q-1;+2/p-1. The van der Waals surface area contributed by atoms with E-state index in [1.807, 2.05) is 86.7 Å². The fourth-order valence-corrected chi connectivity index (χ4v) is 7.32. The first-order valence-electron chi connectivity index (χ1n) is 16.6. The molecule has 0 aliphatic carbocycles. The molecule has 1 atom stereocenters. The van der Waals surface area contributed by atoms with Crippen LogP contribution in [-0.4, -0.2) is 28.9 Å². The Bertz CT molecular complexity index is 2240. The van der Waals surface area contributed by atoms with Crippen LogP contribution >= 0.6 is 0 Å². The number of hydrogen-bond donors (Lipinski definition) is 1. The van der Waals surface area contributed by atoms with Gasteiger partial charge in [0.05, 0.1) is 17.1 Å². The summed E-state index contributed by atoms with van der Waals surface area (Å²) in [4.78, 5) is 33.2. The van der Waals surface area contributed by atoms with Gasteiger partial charge < -0.3 is 15.1 Å². The Morgan fingerprint density at radius 2 is 1.31 bits per heavy atom. The zero-order valence-corrected chi connectivity index (χ0v) is 33.0. The Labute approximate surface area is 301 Å². The number of aliphatic hydroxyl groups excluding tert-OH is 1. The zero-order chi connectivity index (χ0) is 33.8. The van der Waals surface area contributed by atoms with Crippen molar-refractivity contribution in [3.05, 3.63) is 119 Å². The number of nitrogens with zero attached hydrogens (tertiary/aromatic N) is 4. The normalized spacial score (nSPS) is 15.2. The third-order valence-electron chi connectivity index (χ3n) is 9.38. The number of carbonyl (C=O) groups is 1. The van der Waals surface area contributed by atoms with Gasteiger partial charge in [0.15, 0.2) is 5.78 Å². The van der Waals surface area contributed by atoms with Gasteiger partial charge >= 0.3 is 19.5 Å². The molecule has 2 aliphatic heterocycles. The van der Waals surface area contributed by atoms with E-state index in [9.17, 15) is 9.90 Å². The van der Waals surface area contributed by atoms with Gasteiger partial charge in [0, 0.05) is 31.2 Å². The van der Waals surface area contributed by atoms with E-state index in [-0.39, 0.29) is 25.3 Å². The molecule has 49 heavy (non-hydrogen) atoms. The summed E-state index contributed by atoms with van der Waals surface area (Å²) in [6.45, 7) is 13.0. The zero-order valence-electron chi connectivity index (χ0n) is 29.1. The van der Waals surface area contributed by atoms with Crippen molar-refractivity contribution < 1.29 is 29.4 Å². The Morgan fingerprint density at radius 1 is 0.776 bits per heavy atom. The maximum absolute atomic E-state index is 13.1. The van der Waals surface area contributed by atoms with Gasteiger partial charge in [0.25, 0.3) is 0 Å². The Kier molecular flexibility index (Phi) is 9.36. The summed E-state index contributed by atoms with van der Waals surface area (Å²) in [5.74, 6) is 0.176. The molecule has 0 saturated carbocycles. The van der Waals surface area contributed by atoms with Crippen molar-refractivity contribution in [2.75, 3.05) is 0 Å². The molecule has 0 radical (unpaired) electrons. The average molecular weight is 714 g/mol. The third kappa shape index (κ3) is 6.96. The number of fused-ring (bicyclic) bond motifs is 8. The van der Waals surface area contributed by atoms with Crippen LogP contribution < -0.4 is 9.97 Å². The smallest absolute Gasteiger partial charge is 0.657 e. The van der Waals surface area contributed by atoms with Gasteiger partial charge in [-0.05, 0) is 41.3 Å². The monoisotopic (exact) mass is 712 g/mol. The van der Waals surface area contributed by atoms with Crippen molar-refractivity contribution in [2.45, 2.75) is 64.4 Å². The van der Waals surface area contributed by atoms with Gasteiger partial charge in [-0.2, -0.15) is 0 Å². The van der Waals surface area contributed by atoms with Crippen LogP contribution in [0.4, 0.5) is 0 Å². The van der Waals surface area contributed by atoms with Crippen LogP contribution in [-0.2, 0) is 24.9 Å². The number of aromatic nitrogens is 4. The molecule has 2 aromatic carbocycles. The number of aliphatic hydroxyl groups is 1. The summed E-state index contributed by atoms with van der Waals surface area (Å²) in [5, 5.41) is 11.4. The second kappa shape index (κ2) is 13.2. The number of aryl methyl sites for hydroxylation is 1. The molecule has 1 unspecified atom stereocenters. The third-order valence-corrected chi connectivity index (χ3v) is 11.1. The van der Waals surface area contributed by atoms with Gasteiger partial charge in [-0.3, -0.25) is 9.78 Å². The number of ketones is 1.